The van der Waals surface area contributed by atoms with Gasteiger partial charge in [0.15, 0.2) is 5.96 Å². The normalized spacial score (nSPS) is 15.6. The van der Waals surface area contributed by atoms with Crippen molar-refractivity contribution in [2.75, 3.05) is 46.4 Å². The number of ether oxygens (including phenoxy) is 2. The summed E-state index contributed by atoms with van der Waals surface area (Å²) in [5, 5.41) is 6.77. The number of likely N-dealkylation sites (tertiary alicyclic amines) is 1. The summed E-state index contributed by atoms with van der Waals surface area (Å²) in [6, 6.07) is 12.2. The van der Waals surface area contributed by atoms with Crippen molar-refractivity contribution in [2.45, 2.75) is 39.3 Å². The average molecular weight is 443 g/mol. The SMILES string of the molecule is CCNC(=NCC1CCN(Cc2ccc(OC)cc2)CC1)NCCCOCc1ccco1. The molecule has 2 N–H and O–H groups in total. The third-order valence-corrected chi connectivity index (χ3v) is 5.71. The maximum absolute atomic E-state index is 5.63. The maximum atomic E-state index is 5.63. The van der Waals surface area contributed by atoms with E-state index >= 15 is 0 Å². The number of furan rings is 1. The fourth-order valence-corrected chi connectivity index (χ4v) is 3.83. The van der Waals surface area contributed by atoms with Crippen LogP contribution in [-0.2, 0) is 17.9 Å². The molecule has 1 aliphatic heterocycles. The van der Waals surface area contributed by atoms with Gasteiger partial charge in [0, 0.05) is 32.8 Å². The fraction of sp³-hybridized carbons (Fsp3) is 0.560. The first kappa shape index (κ1) is 24.1. The summed E-state index contributed by atoms with van der Waals surface area (Å²) in [6.07, 6.45) is 4.98. The Morgan fingerprint density at radius 3 is 2.66 bits per heavy atom. The molecule has 32 heavy (non-hydrogen) atoms. The second-order valence-electron chi connectivity index (χ2n) is 8.20. The van der Waals surface area contributed by atoms with E-state index in [0.29, 0.717) is 19.1 Å². The van der Waals surface area contributed by atoms with Crippen LogP contribution < -0.4 is 15.4 Å². The molecule has 1 aromatic heterocycles. The number of nitrogens with one attached hydrogen (secondary N) is 2. The third kappa shape index (κ3) is 8.55. The van der Waals surface area contributed by atoms with Crippen molar-refractivity contribution in [1.82, 2.24) is 15.5 Å². The first-order chi connectivity index (χ1) is 15.8. The summed E-state index contributed by atoms with van der Waals surface area (Å²) in [4.78, 5) is 7.37. The molecule has 0 unspecified atom stereocenters. The van der Waals surface area contributed by atoms with Gasteiger partial charge in [-0.25, -0.2) is 0 Å². The molecule has 1 fully saturated rings. The number of nitrogens with zero attached hydrogens (tertiary/aromatic N) is 2. The Morgan fingerprint density at radius 2 is 1.97 bits per heavy atom. The van der Waals surface area contributed by atoms with Gasteiger partial charge in [-0.1, -0.05) is 12.1 Å². The minimum atomic E-state index is 0.526. The van der Waals surface area contributed by atoms with Gasteiger partial charge in [-0.2, -0.15) is 0 Å². The Labute approximate surface area is 192 Å². The van der Waals surface area contributed by atoms with Crippen LogP contribution in [0.15, 0.2) is 52.1 Å². The summed E-state index contributed by atoms with van der Waals surface area (Å²) in [5.74, 6) is 3.33. The van der Waals surface area contributed by atoms with Crippen LogP contribution in [0.4, 0.5) is 0 Å². The van der Waals surface area contributed by atoms with E-state index in [1.54, 1.807) is 13.4 Å². The second kappa shape index (κ2) is 13.8. The molecule has 1 aliphatic rings. The van der Waals surface area contributed by atoms with E-state index in [9.17, 15) is 0 Å². The first-order valence-electron chi connectivity index (χ1n) is 11.7. The molecule has 0 radical (unpaired) electrons. The Hall–Kier alpha value is -2.51. The molecule has 0 spiro atoms. The van der Waals surface area contributed by atoms with Crippen molar-refractivity contribution >= 4 is 5.96 Å². The molecule has 7 heteroatoms. The molecular formula is C25H38N4O3. The van der Waals surface area contributed by atoms with Crippen LogP contribution in [0, 0.1) is 5.92 Å². The van der Waals surface area contributed by atoms with Crippen molar-refractivity contribution in [3.05, 3.63) is 54.0 Å². The number of guanidine groups is 1. The van der Waals surface area contributed by atoms with Crippen LogP contribution >= 0.6 is 0 Å². The monoisotopic (exact) mass is 442 g/mol. The van der Waals surface area contributed by atoms with Gasteiger partial charge in [-0.15, -0.1) is 0 Å². The highest BCUT2D eigenvalue weighted by molar-refractivity contribution is 5.79. The number of aliphatic imine (C=N–C) groups is 1. The quantitative estimate of drug-likeness (QED) is 0.297. The fourth-order valence-electron chi connectivity index (χ4n) is 3.83. The number of hydrogen-bond donors (Lipinski definition) is 2. The van der Waals surface area contributed by atoms with Crippen molar-refractivity contribution in [3.8, 4) is 5.75 Å². The third-order valence-electron chi connectivity index (χ3n) is 5.71. The minimum absolute atomic E-state index is 0.526. The average Bonchev–Trinajstić information content (AvgIpc) is 3.34. The zero-order valence-corrected chi connectivity index (χ0v) is 19.5. The minimum Gasteiger partial charge on any atom is -0.497 e. The van der Waals surface area contributed by atoms with Crippen LogP contribution in [0.25, 0.3) is 0 Å². The predicted octanol–water partition coefficient (Wildman–Crippen LogP) is 3.66. The Morgan fingerprint density at radius 1 is 1.16 bits per heavy atom. The molecule has 3 rings (SSSR count). The summed E-state index contributed by atoms with van der Waals surface area (Å²) >= 11 is 0. The zero-order valence-electron chi connectivity index (χ0n) is 19.5. The lowest BCUT2D eigenvalue weighted by Crippen LogP contribution is -2.39. The lowest BCUT2D eigenvalue weighted by atomic mass is 9.96. The van der Waals surface area contributed by atoms with Crippen LogP contribution in [-0.4, -0.2) is 57.3 Å². The molecular weight excluding hydrogens is 404 g/mol. The molecule has 2 heterocycles. The summed E-state index contributed by atoms with van der Waals surface area (Å²) in [5.41, 5.74) is 1.34. The van der Waals surface area contributed by atoms with E-state index in [4.69, 9.17) is 18.9 Å². The number of piperidine rings is 1. The van der Waals surface area contributed by atoms with E-state index < -0.39 is 0 Å². The molecule has 0 saturated carbocycles. The van der Waals surface area contributed by atoms with Gasteiger partial charge < -0.3 is 24.5 Å². The maximum Gasteiger partial charge on any atom is 0.191 e. The van der Waals surface area contributed by atoms with Crippen molar-refractivity contribution in [3.63, 3.8) is 0 Å². The standard InChI is InChI=1S/C25H38N4O3/c1-3-26-25(27-13-5-16-31-20-24-6-4-17-32-24)28-18-21-11-14-29(15-12-21)19-22-7-9-23(30-2)10-8-22/h4,6-10,17,21H,3,5,11-16,18-20H2,1-2H3,(H2,26,27,28). The molecule has 1 aromatic carbocycles. The van der Waals surface area contributed by atoms with Gasteiger partial charge in [0.25, 0.3) is 0 Å². The number of benzene rings is 1. The number of methoxy groups -OCH3 is 1. The van der Waals surface area contributed by atoms with Crippen molar-refractivity contribution in [2.24, 2.45) is 10.9 Å². The van der Waals surface area contributed by atoms with E-state index in [-0.39, 0.29) is 0 Å². The van der Waals surface area contributed by atoms with Gasteiger partial charge in [0.05, 0.1) is 13.4 Å². The number of hydrogen-bond acceptors (Lipinski definition) is 5. The van der Waals surface area contributed by atoms with Gasteiger partial charge in [-0.3, -0.25) is 9.89 Å². The first-order valence-corrected chi connectivity index (χ1v) is 11.7. The molecule has 0 aliphatic carbocycles. The van der Waals surface area contributed by atoms with Crippen LogP contribution in [0.5, 0.6) is 5.75 Å². The van der Waals surface area contributed by atoms with E-state index in [1.807, 2.05) is 24.3 Å². The molecule has 2 aromatic rings. The highest BCUT2D eigenvalue weighted by atomic mass is 16.5. The van der Waals surface area contributed by atoms with Crippen molar-refractivity contribution in [1.29, 1.82) is 0 Å². The zero-order chi connectivity index (χ0) is 22.4. The molecule has 0 amide bonds. The predicted molar refractivity (Wildman–Crippen MR) is 128 cm³/mol. The van der Waals surface area contributed by atoms with E-state index in [2.05, 4.69) is 34.6 Å². The molecule has 7 nitrogen and oxygen atoms in total. The smallest absolute Gasteiger partial charge is 0.191 e. The molecule has 0 bridgehead atoms. The molecule has 0 atom stereocenters. The Balaban J connectivity index is 1.31. The van der Waals surface area contributed by atoms with Crippen LogP contribution in [0.2, 0.25) is 0 Å². The van der Waals surface area contributed by atoms with Gasteiger partial charge >= 0.3 is 0 Å². The molecule has 176 valence electrons. The second-order valence-corrected chi connectivity index (χ2v) is 8.20. The Bertz CT molecular complexity index is 769. The lowest BCUT2D eigenvalue weighted by Gasteiger charge is -2.31. The highest BCUT2D eigenvalue weighted by Gasteiger charge is 2.19. The van der Waals surface area contributed by atoms with Crippen molar-refractivity contribution < 1.29 is 13.9 Å². The lowest BCUT2D eigenvalue weighted by molar-refractivity contribution is 0.105. The number of rotatable bonds is 12. The largest absolute Gasteiger partial charge is 0.497 e. The highest BCUT2D eigenvalue weighted by Crippen LogP contribution is 2.20. The van der Waals surface area contributed by atoms with E-state index in [0.717, 1.165) is 63.2 Å². The Kier molecular flexibility index (Phi) is 10.4. The van der Waals surface area contributed by atoms with Crippen LogP contribution in [0.1, 0.15) is 37.5 Å². The molecule has 1 saturated heterocycles. The summed E-state index contributed by atoms with van der Waals surface area (Å²) in [7, 11) is 1.71. The van der Waals surface area contributed by atoms with Gasteiger partial charge in [-0.05, 0) is 75.0 Å². The van der Waals surface area contributed by atoms with E-state index in [1.165, 1.54) is 18.4 Å². The van der Waals surface area contributed by atoms with Gasteiger partial charge in [0.1, 0.15) is 18.1 Å². The van der Waals surface area contributed by atoms with Crippen LogP contribution in [0.3, 0.4) is 0 Å². The summed E-state index contributed by atoms with van der Waals surface area (Å²) in [6.45, 7) is 9.16. The van der Waals surface area contributed by atoms with Gasteiger partial charge in [0.2, 0.25) is 0 Å². The summed E-state index contributed by atoms with van der Waals surface area (Å²) < 4.78 is 16.1. The topological polar surface area (TPSA) is 71.3 Å².